The van der Waals surface area contributed by atoms with Gasteiger partial charge < -0.3 is 15.4 Å². The number of halogens is 1. The van der Waals surface area contributed by atoms with Crippen LogP contribution in [0.15, 0.2) is 42.5 Å². The number of anilines is 2. The SMILES string of the molecule is COc1ccccc1NC(=S)Nc1ccc(F)c([N+](=O)[O-])c1. The van der Waals surface area contributed by atoms with Crippen molar-refractivity contribution in [3.63, 3.8) is 0 Å². The van der Waals surface area contributed by atoms with E-state index < -0.39 is 16.4 Å². The molecule has 0 fully saturated rings. The lowest BCUT2D eigenvalue weighted by molar-refractivity contribution is -0.387. The average molecular weight is 321 g/mol. The van der Waals surface area contributed by atoms with Crippen LogP contribution in [0.1, 0.15) is 0 Å². The van der Waals surface area contributed by atoms with Crippen LogP contribution in [0.4, 0.5) is 21.5 Å². The van der Waals surface area contributed by atoms with Crippen LogP contribution in [0.25, 0.3) is 0 Å². The maximum atomic E-state index is 13.3. The molecule has 0 aromatic heterocycles. The number of methoxy groups -OCH3 is 1. The number of nitrogens with zero attached hydrogens (tertiary/aromatic N) is 1. The van der Waals surface area contributed by atoms with Gasteiger partial charge in [0.15, 0.2) is 5.11 Å². The molecule has 2 aromatic carbocycles. The third-order valence-electron chi connectivity index (χ3n) is 2.76. The van der Waals surface area contributed by atoms with Gasteiger partial charge in [-0.15, -0.1) is 0 Å². The number of thiocarbonyl (C=S) groups is 1. The molecular formula is C14H12FN3O3S. The quantitative estimate of drug-likeness (QED) is 0.509. The van der Waals surface area contributed by atoms with E-state index in [1.165, 1.54) is 13.2 Å². The number of nitro benzene ring substituents is 1. The van der Waals surface area contributed by atoms with Crippen LogP contribution >= 0.6 is 12.2 Å². The minimum Gasteiger partial charge on any atom is -0.495 e. The fraction of sp³-hybridized carbons (Fsp3) is 0.0714. The Labute approximate surface area is 131 Å². The Balaban J connectivity index is 2.12. The number of nitrogens with one attached hydrogen (secondary N) is 2. The molecule has 114 valence electrons. The van der Waals surface area contributed by atoms with E-state index >= 15 is 0 Å². The largest absolute Gasteiger partial charge is 0.495 e. The molecule has 6 nitrogen and oxygen atoms in total. The normalized spacial score (nSPS) is 9.91. The smallest absolute Gasteiger partial charge is 0.306 e. The van der Waals surface area contributed by atoms with E-state index in [0.29, 0.717) is 17.1 Å². The Morgan fingerprint density at radius 3 is 2.68 bits per heavy atom. The van der Waals surface area contributed by atoms with Gasteiger partial charge in [-0.2, -0.15) is 4.39 Å². The molecule has 2 aromatic rings. The van der Waals surface area contributed by atoms with Crippen LogP contribution in [0, 0.1) is 15.9 Å². The molecular weight excluding hydrogens is 309 g/mol. The van der Waals surface area contributed by atoms with Crippen molar-refractivity contribution in [3.8, 4) is 5.75 Å². The summed E-state index contributed by atoms with van der Waals surface area (Å²) in [4.78, 5) is 9.91. The first-order chi connectivity index (χ1) is 10.5. The van der Waals surface area contributed by atoms with Gasteiger partial charge in [0.05, 0.1) is 17.7 Å². The predicted molar refractivity (Wildman–Crippen MR) is 85.9 cm³/mol. The van der Waals surface area contributed by atoms with Crippen LogP contribution in [0.3, 0.4) is 0 Å². The Morgan fingerprint density at radius 2 is 2.00 bits per heavy atom. The summed E-state index contributed by atoms with van der Waals surface area (Å²) in [5.74, 6) is -0.309. The fourth-order valence-corrected chi connectivity index (χ4v) is 1.99. The maximum absolute atomic E-state index is 13.3. The summed E-state index contributed by atoms with van der Waals surface area (Å²) in [6, 6.07) is 10.6. The van der Waals surface area contributed by atoms with Gasteiger partial charge in [0, 0.05) is 11.8 Å². The molecule has 22 heavy (non-hydrogen) atoms. The zero-order valence-corrected chi connectivity index (χ0v) is 12.3. The minimum absolute atomic E-state index is 0.199. The summed E-state index contributed by atoms with van der Waals surface area (Å²) in [5, 5.41) is 16.6. The van der Waals surface area contributed by atoms with Gasteiger partial charge in [-0.3, -0.25) is 10.1 Å². The zero-order chi connectivity index (χ0) is 16.1. The van der Waals surface area contributed by atoms with Crippen LogP contribution in [-0.4, -0.2) is 17.1 Å². The second-order valence-electron chi connectivity index (χ2n) is 4.20. The molecule has 0 atom stereocenters. The first-order valence-corrected chi connectivity index (χ1v) is 6.57. The summed E-state index contributed by atoms with van der Waals surface area (Å²) < 4.78 is 18.4. The third kappa shape index (κ3) is 3.67. The highest BCUT2D eigenvalue weighted by Crippen LogP contribution is 2.24. The molecule has 0 aliphatic rings. The standard InChI is InChI=1S/C14H12FN3O3S/c1-21-13-5-3-2-4-11(13)17-14(22)16-9-6-7-10(15)12(8-9)18(19)20/h2-8H,1H3,(H2,16,17,22). The maximum Gasteiger partial charge on any atom is 0.306 e. The van der Waals surface area contributed by atoms with Crippen LogP contribution in [-0.2, 0) is 0 Å². The lowest BCUT2D eigenvalue weighted by Gasteiger charge is -2.13. The number of rotatable bonds is 4. The van der Waals surface area contributed by atoms with Crippen molar-refractivity contribution in [2.75, 3.05) is 17.7 Å². The zero-order valence-electron chi connectivity index (χ0n) is 11.5. The molecule has 0 saturated carbocycles. The number of benzene rings is 2. The number of ether oxygens (including phenoxy) is 1. The summed E-state index contributed by atoms with van der Waals surface area (Å²) in [6.07, 6.45) is 0. The first-order valence-electron chi connectivity index (χ1n) is 6.16. The van der Waals surface area contributed by atoms with Gasteiger partial charge in [-0.1, -0.05) is 12.1 Å². The molecule has 0 aliphatic carbocycles. The molecule has 2 N–H and O–H groups in total. The Hall–Kier alpha value is -2.74. The molecule has 0 bridgehead atoms. The van der Waals surface area contributed by atoms with E-state index in [9.17, 15) is 14.5 Å². The van der Waals surface area contributed by atoms with E-state index in [1.54, 1.807) is 18.2 Å². The van der Waals surface area contributed by atoms with E-state index in [4.69, 9.17) is 17.0 Å². The van der Waals surface area contributed by atoms with Crippen molar-refractivity contribution in [2.45, 2.75) is 0 Å². The molecule has 0 unspecified atom stereocenters. The first kappa shape index (κ1) is 15.6. The molecule has 0 saturated heterocycles. The number of nitro groups is 1. The predicted octanol–water partition coefficient (Wildman–Crippen LogP) is 3.55. The molecule has 0 aliphatic heterocycles. The van der Waals surface area contributed by atoms with Crippen molar-refractivity contribution in [1.29, 1.82) is 0 Å². The fourth-order valence-electron chi connectivity index (χ4n) is 1.76. The highest BCUT2D eigenvalue weighted by molar-refractivity contribution is 7.80. The van der Waals surface area contributed by atoms with Gasteiger partial charge >= 0.3 is 5.69 Å². The van der Waals surface area contributed by atoms with E-state index in [0.717, 1.165) is 12.1 Å². The Morgan fingerprint density at radius 1 is 1.27 bits per heavy atom. The Kier molecular flexibility index (Phi) is 4.84. The average Bonchev–Trinajstić information content (AvgIpc) is 2.49. The highest BCUT2D eigenvalue weighted by Gasteiger charge is 2.14. The number of hydrogen-bond acceptors (Lipinski definition) is 4. The van der Waals surface area contributed by atoms with Gasteiger partial charge in [-0.25, -0.2) is 0 Å². The van der Waals surface area contributed by atoms with Gasteiger partial charge in [-0.05, 0) is 36.5 Å². The lowest BCUT2D eigenvalue weighted by atomic mass is 10.2. The van der Waals surface area contributed by atoms with E-state index in [1.807, 2.05) is 6.07 Å². The van der Waals surface area contributed by atoms with Crippen molar-refractivity contribution < 1.29 is 14.1 Å². The molecule has 0 heterocycles. The molecule has 0 radical (unpaired) electrons. The Bertz CT molecular complexity index is 724. The third-order valence-corrected chi connectivity index (χ3v) is 2.96. The number of hydrogen-bond donors (Lipinski definition) is 2. The van der Waals surface area contributed by atoms with Crippen molar-refractivity contribution >= 4 is 34.4 Å². The lowest BCUT2D eigenvalue weighted by Crippen LogP contribution is -2.19. The van der Waals surface area contributed by atoms with Crippen molar-refractivity contribution in [1.82, 2.24) is 0 Å². The molecule has 0 spiro atoms. The van der Waals surface area contributed by atoms with Gasteiger partial charge in [0.2, 0.25) is 5.82 Å². The van der Waals surface area contributed by atoms with E-state index in [-0.39, 0.29) is 5.11 Å². The van der Waals surface area contributed by atoms with E-state index in [2.05, 4.69) is 10.6 Å². The van der Waals surface area contributed by atoms with Crippen LogP contribution < -0.4 is 15.4 Å². The van der Waals surface area contributed by atoms with Gasteiger partial charge in [0.1, 0.15) is 5.75 Å². The summed E-state index contributed by atoms with van der Waals surface area (Å²) in [5.41, 5.74) is 0.324. The summed E-state index contributed by atoms with van der Waals surface area (Å²) in [7, 11) is 1.53. The second-order valence-corrected chi connectivity index (χ2v) is 4.61. The molecule has 2 rings (SSSR count). The second kappa shape index (κ2) is 6.81. The van der Waals surface area contributed by atoms with Crippen LogP contribution in [0.2, 0.25) is 0 Å². The van der Waals surface area contributed by atoms with Crippen LogP contribution in [0.5, 0.6) is 5.75 Å². The monoisotopic (exact) mass is 321 g/mol. The van der Waals surface area contributed by atoms with Crippen molar-refractivity contribution in [2.24, 2.45) is 0 Å². The molecule has 8 heteroatoms. The minimum atomic E-state index is -0.904. The topological polar surface area (TPSA) is 76.4 Å². The van der Waals surface area contributed by atoms with Crippen molar-refractivity contribution in [3.05, 3.63) is 58.4 Å². The van der Waals surface area contributed by atoms with Gasteiger partial charge in [0.25, 0.3) is 0 Å². The highest BCUT2D eigenvalue weighted by atomic mass is 32.1. The summed E-state index contributed by atoms with van der Waals surface area (Å²) >= 11 is 5.13. The summed E-state index contributed by atoms with van der Waals surface area (Å²) in [6.45, 7) is 0. The number of para-hydroxylation sites is 2. The molecule has 0 amide bonds.